The summed E-state index contributed by atoms with van der Waals surface area (Å²) >= 11 is 1.70. The molecule has 1 fully saturated rings. The van der Waals surface area contributed by atoms with E-state index in [1.54, 1.807) is 11.3 Å². The summed E-state index contributed by atoms with van der Waals surface area (Å²) < 4.78 is 5.77. The maximum atomic E-state index is 5.77. The van der Waals surface area contributed by atoms with Crippen LogP contribution in [0.2, 0.25) is 0 Å². The highest BCUT2D eigenvalue weighted by molar-refractivity contribution is 14.0. The van der Waals surface area contributed by atoms with Crippen molar-refractivity contribution in [2.75, 3.05) is 26.2 Å². The number of ether oxygens (including phenoxy) is 1. The summed E-state index contributed by atoms with van der Waals surface area (Å²) in [7, 11) is 0. The molecule has 2 N–H and O–H groups in total. The lowest BCUT2D eigenvalue weighted by molar-refractivity contribution is 0.0283. The first-order valence-corrected chi connectivity index (χ1v) is 8.56. The summed E-state index contributed by atoms with van der Waals surface area (Å²) in [6.45, 7) is 9.53. The number of aryl methyl sites for hydroxylation is 1. The number of guanidine groups is 1. The van der Waals surface area contributed by atoms with E-state index in [1.807, 2.05) is 6.92 Å². The first-order chi connectivity index (χ1) is 10.1. The lowest BCUT2D eigenvalue weighted by atomic mass is 10.0. The maximum absolute atomic E-state index is 5.77. The summed E-state index contributed by atoms with van der Waals surface area (Å²) in [5, 5.41) is 9.89. The molecule has 126 valence electrons. The third kappa shape index (κ3) is 6.37. The number of aromatic nitrogens is 1. The van der Waals surface area contributed by atoms with Crippen LogP contribution in [-0.4, -0.2) is 42.8 Å². The van der Waals surface area contributed by atoms with Gasteiger partial charge in [-0.15, -0.1) is 35.3 Å². The molecule has 1 saturated heterocycles. The van der Waals surface area contributed by atoms with Crippen molar-refractivity contribution in [3.05, 3.63) is 16.1 Å². The fourth-order valence-electron chi connectivity index (χ4n) is 2.38. The molecule has 2 heterocycles. The minimum absolute atomic E-state index is 0. The van der Waals surface area contributed by atoms with Crippen LogP contribution in [0.1, 0.15) is 37.4 Å². The van der Waals surface area contributed by atoms with Gasteiger partial charge in [0.15, 0.2) is 5.96 Å². The topological polar surface area (TPSA) is 58.5 Å². The lowest BCUT2D eigenvalue weighted by Gasteiger charge is -2.21. The van der Waals surface area contributed by atoms with Gasteiger partial charge < -0.3 is 15.4 Å². The number of thiazole rings is 1. The quantitative estimate of drug-likeness (QED) is 0.408. The molecule has 0 amide bonds. The van der Waals surface area contributed by atoms with E-state index in [9.17, 15) is 0 Å². The fraction of sp³-hybridized carbons (Fsp3) is 0.733. The zero-order valence-electron chi connectivity index (χ0n) is 13.6. The Balaban J connectivity index is 0.00000242. The van der Waals surface area contributed by atoms with Crippen LogP contribution in [0.4, 0.5) is 0 Å². The molecule has 0 aromatic carbocycles. The van der Waals surface area contributed by atoms with E-state index < -0.39 is 0 Å². The molecule has 1 unspecified atom stereocenters. The lowest BCUT2D eigenvalue weighted by Crippen LogP contribution is -2.40. The van der Waals surface area contributed by atoms with Crippen LogP contribution < -0.4 is 10.6 Å². The molecule has 7 heteroatoms. The number of rotatable bonds is 6. The molecule has 1 atom stereocenters. The number of halogens is 1. The molecule has 1 aliphatic heterocycles. The first-order valence-electron chi connectivity index (χ1n) is 7.68. The molecule has 0 radical (unpaired) electrons. The van der Waals surface area contributed by atoms with Crippen LogP contribution in [0, 0.1) is 6.92 Å². The monoisotopic (exact) mass is 438 g/mol. The van der Waals surface area contributed by atoms with Crippen molar-refractivity contribution in [2.24, 2.45) is 4.99 Å². The highest BCUT2D eigenvalue weighted by atomic mass is 127. The van der Waals surface area contributed by atoms with Crippen LogP contribution in [0.25, 0.3) is 0 Å². The van der Waals surface area contributed by atoms with E-state index in [0.29, 0.717) is 6.54 Å². The van der Waals surface area contributed by atoms with Gasteiger partial charge in [0.1, 0.15) is 0 Å². The van der Waals surface area contributed by atoms with E-state index in [-0.39, 0.29) is 29.6 Å². The second-order valence-electron chi connectivity index (χ2n) is 5.63. The SMILES string of the molecule is CCNC(=NCC1(C)CCCO1)NCCc1csc(C)n1.I. The van der Waals surface area contributed by atoms with Gasteiger partial charge in [-0.05, 0) is 33.6 Å². The van der Waals surface area contributed by atoms with Gasteiger partial charge in [-0.1, -0.05) is 0 Å². The summed E-state index contributed by atoms with van der Waals surface area (Å²) in [5.41, 5.74) is 1.06. The number of hydrogen-bond donors (Lipinski definition) is 2. The van der Waals surface area contributed by atoms with Gasteiger partial charge in [0.05, 0.1) is 22.8 Å². The summed E-state index contributed by atoms with van der Waals surface area (Å²) in [4.78, 5) is 9.13. The van der Waals surface area contributed by atoms with Crippen molar-refractivity contribution >= 4 is 41.3 Å². The average molecular weight is 438 g/mol. The summed E-state index contributed by atoms with van der Waals surface area (Å²) in [6.07, 6.45) is 3.15. The zero-order chi connectivity index (χ0) is 15.1. The van der Waals surface area contributed by atoms with Crippen molar-refractivity contribution in [1.29, 1.82) is 0 Å². The Morgan fingerprint density at radius 2 is 2.32 bits per heavy atom. The second-order valence-corrected chi connectivity index (χ2v) is 6.69. The van der Waals surface area contributed by atoms with Gasteiger partial charge in [-0.2, -0.15) is 0 Å². The Bertz CT molecular complexity index is 472. The van der Waals surface area contributed by atoms with Gasteiger partial charge in [0.2, 0.25) is 0 Å². The molecule has 0 spiro atoms. The Kier molecular flexibility index (Phi) is 8.63. The van der Waals surface area contributed by atoms with Crippen LogP contribution in [0.15, 0.2) is 10.4 Å². The molecule has 22 heavy (non-hydrogen) atoms. The van der Waals surface area contributed by atoms with Crippen LogP contribution in [-0.2, 0) is 11.2 Å². The van der Waals surface area contributed by atoms with E-state index in [0.717, 1.165) is 55.6 Å². The minimum Gasteiger partial charge on any atom is -0.373 e. The van der Waals surface area contributed by atoms with Crippen LogP contribution in [0.5, 0.6) is 0 Å². The second kappa shape index (κ2) is 9.67. The fourth-order valence-corrected chi connectivity index (χ4v) is 3.03. The Morgan fingerprint density at radius 3 is 2.91 bits per heavy atom. The van der Waals surface area contributed by atoms with Crippen molar-refractivity contribution in [3.63, 3.8) is 0 Å². The highest BCUT2D eigenvalue weighted by Crippen LogP contribution is 2.24. The van der Waals surface area contributed by atoms with Gasteiger partial charge in [-0.25, -0.2) is 4.98 Å². The molecule has 2 rings (SSSR count). The largest absolute Gasteiger partial charge is 0.373 e. The number of nitrogens with zero attached hydrogens (tertiary/aromatic N) is 2. The van der Waals surface area contributed by atoms with Crippen molar-refractivity contribution < 1.29 is 4.74 Å². The molecule has 0 bridgehead atoms. The zero-order valence-corrected chi connectivity index (χ0v) is 16.8. The van der Waals surface area contributed by atoms with Crippen molar-refractivity contribution in [2.45, 2.75) is 45.6 Å². The molecule has 1 aromatic rings. The number of nitrogens with one attached hydrogen (secondary N) is 2. The Hall–Kier alpha value is -0.410. The van der Waals surface area contributed by atoms with Gasteiger partial charge in [0, 0.05) is 31.5 Å². The molecule has 1 aromatic heterocycles. The molecule has 0 aliphatic carbocycles. The Labute approximate surface area is 154 Å². The van der Waals surface area contributed by atoms with Crippen molar-refractivity contribution in [3.8, 4) is 0 Å². The third-order valence-electron chi connectivity index (χ3n) is 3.56. The summed E-state index contributed by atoms with van der Waals surface area (Å²) in [6, 6.07) is 0. The number of hydrogen-bond acceptors (Lipinski definition) is 4. The minimum atomic E-state index is -0.0889. The normalized spacial score (nSPS) is 21.5. The average Bonchev–Trinajstić information content (AvgIpc) is 3.06. The Morgan fingerprint density at radius 1 is 1.50 bits per heavy atom. The molecular formula is C15H27IN4OS. The van der Waals surface area contributed by atoms with Gasteiger partial charge >= 0.3 is 0 Å². The number of aliphatic imine (C=N–C) groups is 1. The smallest absolute Gasteiger partial charge is 0.191 e. The van der Waals surface area contributed by atoms with E-state index in [4.69, 9.17) is 4.74 Å². The molecule has 0 saturated carbocycles. The van der Waals surface area contributed by atoms with Crippen LogP contribution >= 0.6 is 35.3 Å². The maximum Gasteiger partial charge on any atom is 0.191 e. The standard InChI is InChI=1S/C15H26N4OS.HI/c1-4-16-14(18-11-15(3)7-5-9-20-15)17-8-6-13-10-21-12(2)19-13;/h10H,4-9,11H2,1-3H3,(H2,16,17,18);1H. The molecule has 1 aliphatic rings. The summed E-state index contributed by atoms with van der Waals surface area (Å²) in [5.74, 6) is 0.862. The van der Waals surface area contributed by atoms with Gasteiger partial charge in [0.25, 0.3) is 0 Å². The first kappa shape index (κ1) is 19.6. The van der Waals surface area contributed by atoms with Crippen LogP contribution in [0.3, 0.4) is 0 Å². The predicted molar refractivity (Wildman–Crippen MR) is 104 cm³/mol. The van der Waals surface area contributed by atoms with E-state index in [1.165, 1.54) is 0 Å². The third-order valence-corrected chi connectivity index (χ3v) is 4.38. The highest BCUT2D eigenvalue weighted by Gasteiger charge is 2.29. The van der Waals surface area contributed by atoms with Crippen molar-refractivity contribution in [1.82, 2.24) is 15.6 Å². The molecular weight excluding hydrogens is 411 g/mol. The predicted octanol–water partition coefficient (Wildman–Crippen LogP) is 2.74. The van der Waals surface area contributed by atoms with Gasteiger partial charge in [-0.3, -0.25) is 4.99 Å². The van der Waals surface area contributed by atoms with E-state index >= 15 is 0 Å². The van der Waals surface area contributed by atoms with E-state index in [2.05, 4.69) is 39.8 Å². The molecule has 5 nitrogen and oxygen atoms in total.